The van der Waals surface area contributed by atoms with Gasteiger partial charge < -0.3 is 14.8 Å². The van der Waals surface area contributed by atoms with E-state index in [9.17, 15) is 14.7 Å². The third-order valence-corrected chi connectivity index (χ3v) is 4.77. The maximum Gasteiger partial charge on any atom is 0.331 e. The molecule has 0 aromatic carbocycles. The zero-order valence-corrected chi connectivity index (χ0v) is 15.3. The van der Waals surface area contributed by atoms with Crippen LogP contribution in [0.1, 0.15) is 25.3 Å². The Kier molecular flexibility index (Phi) is 4.64. The summed E-state index contributed by atoms with van der Waals surface area (Å²) in [7, 11) is 0. The van der Waals surface area contributed by atoms with Crippen LogP contribution in [0.2, 0.25) is 0 Å². The molecule has 0 fully saturated rings. The zero-order valence-electron chi connectivity index (χ0n) is 14.5. The van der Waals surface area contributed by atoms with E-state index < -0.39 is 11.5 Å². The molecule has 0 saturated carbocycles. The molecule has 3 rings (SSSR count). The van der Waals surface area contributed by atoms with E-state index in [1.165, 1.54) is 42.3 Å². The van der Waals surface area contributed by atoms with Crippen molar-refractivity contribution in [1.29, 1.82) is 0 Å². The lowest BCUT2D eigenvalue weighted by atomic mass is 10.1. The smallest absolute Gasteiger partial charge is 0.331 e. The van der Waals surface area contributed by atoms with Crippen LogP contribution < -0.4 is 5.32 Å². The first-order valence-corrected chi connectivity index (χ1v) is 8.74. The first-order valence-electron chi connectivity index (χ1n) is 7.86. The van der Waals surface area contributed by atoms with Crippen LogP contribution in [-0.4, -0.2) is 31.7 Å². The average Bonchev–Trinajstić information content (AvgIpc) is 3.29. The fraction of sp³-hybridized carbons (Fsp3) is 0.294. The van der Waals surface area contributed by atoms with Gasteiger partial charge >= 0.3 is 5.97 Å². The van der Waals surface area contributed by atoms with Gasteiger partial charge in [-0.15, -0.1) is 11.3 Å². The fourth-order valence-electron chi connectivity index (χ4n) is 2.25. The Morgan fingerprint density at radius 3 is 2.85 bits per heavy atom. The number of aryl methyl sites for hydroxylation is 1. The summed E-state index contributed by atoms with van der Waals surface area (Å²) in [5.41, 5.74) is -0.227. The number of amides is 1. The summed E-state index contributed by atoms with van der Waals surface area (Å²) >= 11 is 1.51. The zero-order chi connectivity index (χ0) is 18.9. The molecule has 2 N–H and O–H groups in total. The number of carbonyl (C=O) groups is 2. The molecule has 9 heteroatoms. The molecule has 0 aliphatic rings. The van der Waals surface area contributed by atoms with Gasteiger partial charge in [-0.2, -0.15) is 5.10 Å². The number of oxazole rings is 1. The lowest BCUT2D eigenvalue weighted by molar-refractivity contribution is -0.146. The van der Waals surface area contributed by atoms with Crippen LogP contribution in [0.4, 0.5) is 5.69 Å². The van der Waals surface area contributed by atoms with E-state index in [4.69, 9.17) is 4.42 Å². The summed E-state index contributed by atoms with van der Waals surface area (Å²) in [6.45, 7) is 4.82. The minimum Gasteiger partial charge on any atom is -0.479 e. The molecule has 0 aliphatic heterocycles. The van der Waals surface area contributed by atoms with E-state index in [1.807, 2.05) is 17.5 Å². The molecule has 0 spiro atoms. The molecular weight excluding hydrogens is 356 g/mol. The highest BCUT2D eigenvalue weighted by Gasteiger charge is 2.30. The van der Waals surface area contributed by atoms with Crippen LogP contribution in [0.15, 0.2) is 34.3 Å². The summed E-state index contributed by atoms with van der Waals surface area (Å²) in [6, 6.07) is 3.81. The molecule has 3 aromatic heterocycles. The Bertz CT molecular complexity index is 940. The third-order valence-electron chi connectivity index (χ3n) is 3.92. The van der Waals surface area contributed by atoms with Gasteiger partial charge in [0.2, 0.25) is 11.8 Å². The van der Waals surface area contributed by atoms with E-state index in [0.29, 0.717) is 23.0 Å². The number of hydrogen-bond acceptors (Lipinski definition) is 6. The second-order valence-corrected chi connectivity index (χ2v) is 7.21. The van der Waals surface area contributed by atoms with Crippen LogP contribution in [0.25, 0.3) is 10.8 Å². The monoisotopic (exact) mass is 374 g/mol. The molecule has 8 nitrogen and oxygen atoms in total. The van der Waals surface area contributed by atoms with Crippen molar-refractivity contribution in [2.24, 2.45) is 0 Å². The summed E-state index contributed by atoms with van der Waals surface area (Å²) in [4.78, 5) is 28.8. The van der Waals surface area contributed by atoms with Crippen molar-refractivity contribution in [3.05, 3.63) is 41.4 Å². The van der Waals surface area contributed by atoms with Gasteiger partial charge in [-0.25, -0.2) is 9.78 Å². The predicted molar refractivity (Wildman–Crippen MR) is 96.1 cm³/mol. The van der Waals surface area contributed by atoms with Crippen molar-refractivity contribution in [3.63, 3.8) is 0 Å². The summed E-state index contributed by atoms with van der Waals surface area (Å²) in [5.74, 6) is -0.216. The SMILES string of the molecule is Cc1oc(-c2cccs2)nc1CC(=O)Nc1cnn(C(C)(C)C(=O)O)c1. The third kappa shape index (κ3) is 3.52. The van der Waals surface area contributed by atoms with Crippen LogP contribution in [0.5, 0.6) is 0 Å². The molecule has 0 saturated heterocycles. The lowest BCUT2D eigenvalue weighted by Crippen LogP contribution is -2.35. The molecule has 0 atom stereocenters. The Balaban J connectivity index is 1.69. The number of rotatable bonds is 6. The number of aromatic nitrogens is 3. The predicted octanol–water partition coefficient (Wildman–Crippen LogP) is 2.91. The largest absolute Gasteiger partial charge is 0.479 e. The van der Waals surface area contributed by atoms with Crippen molar-refractivity contribution in [1.82, 2.24) is 14.8 Å². The number of hydrogen-bond donors (Lipinski definition) is 2. The van der Waals surface area contributed by atoms with Crippen molar-refractivity contribution >= 4 is 28.9 Å². The van der Waals surface area contributed by atoms with Gasteiger partial charge in [-0.1, -0.05) is 6.07 Å². The van der Waals surface area contributed by atoms with E-state index in [1.54, 1.807) is 6.92 Å². The molecule has 0 bridgehead atoms. The van der Waals surface area contributed by atoms with Gasteiger partial charge in [0, 0.05) is 6.20 Å². The number of aliphatic carboxylic acids is 1. The van der Waals surface area contributed by atoms with Crippen molar-refractivity contribution in [2.75, 3.05) is 5.32 Å². The number of thiophene rings is 1. The number of carbonyl (C=O) groups excluding carboxylic acids is 1. The van der Waals surface area contributed by atoms with Gasteiger partial charge in [0.25, 0.3) is 0 Å². The molecule has 0 radical (unpaired) electrons. The Labute approximate surface area is 153 Å². The molecule has 1 amide bonds. The highest BCUT2D eigenvalue weighted by Crippen LogP contribution is 2.26. The molecular formula is C17H18N4O4S. The quantitative estimate of drug-likeness (QED) is 0.686. The van der Waals surface area contributed by atoms with Crippen molar-refractivity contribution in [3.8, 4) is 10.8 Å². The van der Waals surface area contributed by atoms with Crippen molar-refractivity contribution < 1.29 is 19.1 Å². The number of anilines is 1. The number of carboxylic acid groups (broad SMARTS) is 1. The van der Waals surface area contributed by atoms with Gasteiger partial charge in [0.05, 0.1) is 28.9 Å². The number of nitrogens with one attached hydrogen (secondary N) is 1. The number of nitrogens with zero attached hydrogens (tertiary/aromatic N) is 3. The fourth-order valence-corrected chi connectivity index (χ4v) is 2.90. The van der Waals surface area contributed by atoms with Crippen molar-refractivity contribution in [2.45, 2.75) is 32.7 Å². The van der Waals surface area contributed by atoms with Gasteiger partial charge in [-0.3, -0.25) is 9.48 Å². The molecule has 3 aromatic rings. The van der Waals surface area contributed by atoms with Crippen LogP contribution in [-0.2, 0) is 21.5 Å². The van der Waals surface area contributed by atoms with Gasteiger partial charge in [0.1, 0.15) is 5.76 Å². The second kappa shape index (κ2) is 6.75. The second-order valence-electron chi connectivity index (χ2n) is 6.26. The first-order chi connectivity index (χ1) is 12.3. The van der Waals surface area contributed by atoms with E-state index >= 15 is 0 Å². The molecule has 3 heterocycles. The maximum atomic E-state index is 12.3. The molecule has 136 valence electrons. The minimum atomic E-state index is -1.21. The van der Waals surface area contributed by atoms with Crippen LogP contribution >= 0.6 is 11.3 Å². The van der Waals surface area contributed by atoms with Gasteiger partial charge in [0.15, 0.2) is 5.54 Å². The van der Waals surface area contributed by atoms with E-state index in [0.717, 1.165) is 4.88 Å². The first kappa shape index (κ1) is 17.9. The Morgan fingerprint density at radius 1 is 1.42 bits per heavy atom. The standard InChI is InChI=1S/C17H18N4O4S/c1-10-12(20-15(25-10)13-5-4-6-26-13)7-14(22)19-11-8-18-21(9-11)17(2,3)16(23)24/h4-6,8-9H,7H2,1-3H3,(H,19,22)(H,23,24). The van der Waals surface area contributed by atoms with E-state index in [2.05, 4.69) is 15.4 Å². The minimum absolute atomic E-state index is 0.0498. The van der Waals surface area contributed by atoms with Crippen LogP contribution in [0, 0.1) is 6.92 Å². The number of carboxylic acids is 1. The Morgan fingerprint density at radius 2 is 2.19 bits per heavy atom. The maximum absolute atomic E-state index is 12.3. The molecule has 0 unspecified atom stereocenters. The van der Waals surface area contributed by atoms with Crippen LogP contribution in [0.3, 0.4) is 0 Å². The molecule has 26 heavy (non-hydrogen) atoms. The average molecular weight is 374 g/mol. The van der Waals surface area contributed by atoms with E-state index in [-0.39, 0.29) is 12.3 Å². The highest BCUT2D eigenvalue weighted by molar-refractivity contribution is 7.13. The highest BCUT2D eigenvalue weighted by atomic mass is 32.1. The normalized spacial score (nSPS) is 11.5. The topological polar surface area (TPSA) is 110 Å². The lowest BCUT2D eigenvalue weighted by Gasteiger charge is -2.19. The summed E-state index contributed by atoms with van der Waals surface area (Å²) in [6.07, 6.45) is 2.95. The summed E-state index contributed by atoms with van der Waals surface area (Å²) in [5, 5.41) is 17.9. The summed E-state index contributed by atoms with van der Waals surface area (Å²) < 4.78 is 6.92. The Hall–Kier alpha value is -2.94. The van der Waals surface area contributed by atoms with Gasteiger partial charge in [-0.05, 0) is 32.2 Å². The molecule has 0 aliphatic carbocycles.